The molecule has 3 N–H and O–H groups in total. The summed E-state index contributed by atoms with van der Waals surface area (Å²) in [4.78, 5) is 0. The van der Waals surface area contributed by atoms with Crippen LogP contribution in [0, 0.1) is 6.92 Å². The third-order valence-corrected chi connectivity index (χ3v) is 3.77. The molecule has 0 radical (unpaired) electrons. The Morgan fingerprint density at radius 3 is 2.53 bits per heavy atom. The standard InChI is InChI=1S/C13H19NO/c1-10-4-5-11(8-12(10)15)13(9-14)6-2-3-7-13/h4-5,8,15H,2-3,6-7,9,14H2,1H3. The SMILES string of the molecule is Cc1ccc(C2(CN)CCCC2)cc1O. The second-order valence-electron chi connectivity index (χ2n) is 4.69. The molecule has 1 fully saturated rings. The minimum Gasteiger partial charge on any atom is -0.508 e. The maximum Gasteiger partial charge on any atom is 0.118 e. The maximum atomic E-state index is 9.73. The lowest BCUT2D eigenvalue weighted by Gasteiger charge is -2.28. The number of hydrogen-bond donors (Lipinski definition) is 2. The van der Waals surface area contributed by atoms with Crippen LogP contribution in [0.15, 0.2) is 18.2 Å². The van der Waals surface area contributed by atoms with Gasteiger partial charge in [-0.1, -0.05) is 25.0 Å². The zero-order valence-corrected chi connectivity index (χ0v) is 9.29. The molecule has 0 aliphatic heterocycles. The maximum absolute atomic E-state index is 9.73. The molecule has 2 heteroatoms. The summed E-state index contributed by atoms with van der Waals surface area (Å²) in [6.45, 7) is 2.61. The largest absolute Gasteiger partial charge is 0.508 e. The summed E-state index contributed by atoms with van der Waals surface area (Å²) in [5.41, 5.74) is 8.19. The van der Waals surface area contributed by atoms with E-state index in [1.807, 2.05) is 19.1 Å². The van der Waals surface area contributed by atoms with Gasteiger partial charge in [-0.2, -0.15) is 0 Å². The van der Waals surface area contributed by atoms with Crippen LogP contribution in [0.25, 0.3) is 0 Å². The molecular weight excluding hydrogens is 186 g/mol. The second kappa shape index (κ2) is 3.86. The van der Waals surface area contributed by atoms with Crippen LogP contribution in [0.3, 0.4) is 0 Å². The summed E-state index contributed by atoms with van der Waals surface area (Å²) in [5.74, 6) is 0.396. The van der Waals surface area contributed by atoms with Gasteiger partial charge in [-0.15, -0.1) is 0 Å². The first-order chi connectivity index (χ1) is 7.18. The van der Waals surface area contributed by atoms with E-state index in [0.29, 0.717) is 12.3 Å². The zero-order valence-electron chi connectivity index (χ0n) is 9.29. The van der Waals surface area contributed by atoms with Crippen molar-refractivity contribution in [1.82, 2.24) is 0 Å². The fourth-order valence-corrected chi connectivity index (χ4v) is 2.60. The van der Waals surface area contributed by atoms with E-state index in [4.69, 9.17) is 5.73 Å². The van der Waals surface area contributed by atoms with Crippen molar-refractivity contribution in [2.24, 2.45) is 5.73 Å². The summed E-state index contributed by atoms with van der Waals surface area (Å²) >= 11 is 0. The van der Waals surface area contributed by atoms with Gasteiger partial charge >= 0.3 is 0 Å². The lowest BCUT2D eigenvalue weighted by molar-refractivity contribution is 0.440. The number of nitrogens with two attached hydrogens (primary N) is 1. The van der Waals surface area contributed by atoms with Gasteiger partial charge in [0.25, 0.3) is 0 Å². The number of hydrogen-bond acceptors (Lipinski definition) is 2. The van der Waals surface area contributed by atoms with E-state index in [2.05, 4.69) is 6.07 Å². The number of benzene rings is 1. The molecule has 1 aliphatic carbocycles. The van der Waals surface area contributed by atoms with Gasteiger partial charge in [0, 0.05) is 12.0 Å². The minimum atomic E-state index is 0.130. The first kappa shape index (κ1) is 10.5. The summed E-state index contributed by atoms with van der Waals surface area (Å²) in [6.07, 6.45) is 4.83. The molecule has 1 aromatic carbocycles. The molecule has 0 unspecified atom stereocenters. The molecule has 0 heterocycles. The molecule has 0 atom stereocenters. The van der Waals surface area contributed by atoms with Crippen molar-refractivity contribution in [2.75, 3.05) is 6.54 Å². The van der Waals surface area contributed by atoms with E-state index in [-0.39, 0.29) is 5.41 Å². The minimum absolute atomic E-state index is 0.130. The Morgan fingerprint density at radius 1 is 1.33 bits per heavy atom. The van der Waals surface area contributed by atoms with E-state index in [9.17, 15) is 5.11 Å². The van der Waals surface area contributed by atoms with Gasteiger partial charge < -0.3 is 10.8 Å². The van der Waals surface area contributed by atoms with Crippen LogP contribution in [-0.2, 0) is 5.41 Å². The lowest BCUT2D eigenvalue weighted by atomic mass is 9.78. The topological polar surface area (TPSA) is 46.2 Å². The lowest BCUT2D eigenvalue weighted by Crippen LogP contribution is -2.31. The number of aromatic hydroxyl groups is 1. The summed E-state index contributed by atoms with van der Waals surface area (Å²) < 4.78 is 0. The second-order valence-corrected chi connectivity index (χ2v) is 4.69. The van der Waals surface area contributed by atoms with Crippen molar-refractivity contribution in [1.29, 1.82) is 0 Å². The first-order valence-corrected chi connectivity index (χ1v) is 5.68. The Kier molecular flexibility index (Phi) is 2.70. The molecule has 2 nitrogen and oxygen atoms in total. The number of phenolic OH excluding ortho intramolecular Hbond substituents is 1. The van der Waals surface area contributed by atoms with Crippen LogP contribution in [0.4, 0.5) is 0 Å². The Labute approximate surface area is 91.1 Å². The van der Waals surface area contributed by atoms with E-state index in [1.165, 1.54) is 18.4 Å². The highest BCUT2D eigenvalue weighted by molar-refractivity contribution is 5.39. The molecule has 0 spiro atoms. The molecule has 0 aromatic heterocycles. The third kappa shape index (κ3) is 1.74. The molecule has 15 heavy (non-hydrogen) atoms. The van der Waals surface area contributed by atoms with E-state index >= 15 is 0 Å². The summed E-state index contributed by atoms with van der Waals surface area (Å²) in [7, 11) is 0. The van der Waals surface area contributed by atoms with Crippen LogP contribution in [0.5, 0.6) is 5.75 Å². The quantitative estimate of drug-likeness (QED) is 0.779. The number of phenols is 1. The average molecular weight is 205 g/mol. The predicted molar refractivity (Wildman–Crippen MR) is 62.0 cm³/mol. The van der Waals surface area contributed by atoms with Crippen molar-refractivity contribution < 1.29 is 5.11 Å². The zero-order chi connectivity index (χ0) is 10.9. The van der Waals surface area contributed by atoms with E-state index in [1.54, 1.807) is 0 Å². The van der Waals surface area contributed by atoms with Gasteiger partial charge in [-0.05, 0) is 37.0 Å². The highest BCUT2D eigenvalue weighted by Gasteiger charge is 2.34. The number of rotatable bonds is 2. The molecule has 0 saturated heterocycles. The predicted octanol–water partition coefficient (Wildman–Crippen LogP) is 2.47. The Balaban J connectivity index is 2.38. The van der Waals surface area contributed by atoms with Crippen molar-refractivity contribution in [3.05, 3.63) is 29.3 Å². The van der Waals surface area contributed by atoms with Gasteiger partial charge in [0.05, 0.1) is 0 Å². The molecular formula is C13H19NO. The summed E-state index contributed by atoms with van der Waals surface area (Å²) in [6, 6.07) is 6.00. The molecule has 0 bridgehead atoms. The van der Waals surface area contributed by atoms with E-state index < -0.39 is 0 Å². The van der Waals surface area contributed by atoms with Crippen LogP contribution >= 0.6 is 0 Å². The van der Waals surface area contributed by atoms with E-state index in [0.717, 1.165) is 18.4 Å². The fraction of sp³-hybridized carbons (Fsp3) is 0.538. The van der Waals surface area contributed by atoms with Crippen LogP contribution in [-0.4, -0.2) is 11.7 Å². The van der Waals surface area contributed by atoms with Crippen LogP contribution < -0.4 is 5.73 Å². The monoisotopic (exact) mass is 205 g/mol. The Hall–Kier alpha value is -1.02. The molecule has 1 saturated carbocycles. The first-order valence-electron chi connectivity index (χ1n) is 5.68. The average Bonchev–Trinajstić information content (AvgIpc) is 2.72. The van der Waals surface area contributed by atoms with Gasteiger partial charge in [0.2, 0.25) is 0 Å². The fourth-order valence-electron chi connectivity index (χ4n) is 2.60. The van der Waals surface area contributed by atoms with Gasteiger partial charge in [-0.3, -0.25) is 0 Å². The van der Waals surface area contributed by atoms with Crippen LogP contribution in [0.1, 0.15) is 36.8 Å². The molecule has 82 valence electrons. The normalized spacial score (nSPS) is 19.3. The third-order valence-electron chi connectivity index (χ3n) is 3.77. The van der Waals surface area contributed by atoms with Gasteiger partial charge in [-0.25, -0.2) is 0 Å². The smallest absolute Gasteiger partial charge is 0.118 e. The Bertz CT molecular complexity index is 354. The van der Waals surface area contributed by atoms with Crippen molar-refractivity contribution in [3.8, 4) is 5.75 Å². The van der Waals surface area contributed by atoms with Gasteiger partial charge in [0.1, 0.15) is 5.75 Å². The number of aryl methyl sites for hydroxylation is 1. The van der Waals surface area contributed by atoms with Crippen molar-refractivity contribution in [3.63, 3.8) is 0 Å². The van der Waals surface area contributed by atoms with Crippen LogP contribution in [0.2, 0.25) is 0 Å². The molecule has 2 rings (SSSR count). The Morgan fingerprint density at radius 2 is 2.00 bits per heavy atom. The van der Waals surface area contributed by atoms with Crippen molar-refractivity contribution >= 4 is 0 Å². The molecule has 1 aliphatic rings. The van der Waals surface area contributed by atoms with Crippen molar-refractivity contribution in [2.45, 2.75) is 38.0 Å². The highest BCUT2D eigenvalue weighted by atomic mass is 16.3. The highest BCUT2D eigenvalue weighted by Crippen LogP contribution is 2.41. The summed E-state index contributed by atoms with van der Waals surface area (Å²) in [5, 5.41) is 9.73. The molecule has 1 aromatic rings. The van der Waals surface area contributed by atoms with Gasteiger partial charge in [0.15, 0.2) is 0 Å². The molecule has 0 amide bonds.